The van der Waals surface area contributed by atoms with Gasteiger partial charge in [0.05, 0.1) is 22.1 Å². The van der Waals surface area contributed by atoms with E-state index in [2.05, 4.69) is 38.6 Å². The summed E-state index contributed by atoms with van der Waals surface area (Å²) in [7, 11) is 1.82. The molecule has 3 aromatic heterocycles. The van der Waals surface area contributed by atoms with Gasteiger partial charge in [-0.3, -0.25) is 9.48 Å². The molecule has 0 aliphatic rings. The van der Waals surface area contributed by atoms with Crippen molar-refractivity contribution in [3.8, 4) is 0 Å². The first-order valence-electron chi connectivity index (χ1n) is 7.61. The maximum Gasteiger partial charge on any atom is 0.272 e. The number of amides is 1. The third-order valence-electron chi connectivity index (χ3n) is 3.90. The van der Waals surface area contributed by atoms with Crippen LogP contribution >= 0.6 is 11.3 Å². The van der Waals surface area contributed by atoms with Crippen LogP contribution in [0.15, 0.2) is 60.2 Å². The van der Waals surface area contributed by atoms with E-state index in [1.807, 2.05) is 31.3 Å². The molecule has 6 heteroatoms. The maximum atomic E-state index is 12.7. The zero-order valence-electron chi connectivity index (χ0n) is 13.1. The minimum absolute atomic E-state index is 0.123. The fourth-order valence-electron chi connectivity index (χ4n) is 2.78. The van der Waals surface area contributed by atoms with Gasteiger partial charge in [0.15, 0.2) is 0 Å². The van der Waals surface area contributed by atoms with E-state index < -0.39 is 0 Å². The maximum absolute atomic E-state index is 12.7. The largest absolute Gasteiger partial charge is 0.331 e. The first kappa shape index (κ1) is 14.7. The Morgan fingerprint density at radius 3 is 2.83 bits per heavy atom. The fourth-order valence-corrected chi connectivity index (χ4v) is 3.60. The molecule has 0 fully saturated rings. The minimum Gasteiger partial charge on any atom is -0.331 e. The van der Waals surface area contributed by atoms with Crippen LogP contribution in [0.4, 0.5) is 5.69 Å². The molecule has 1 N–H and O–H groups in total. The minimum atomic E-state index is -0.123. The molecule has 4 aromatic rings. The van der Waals surface area contributed by atoms with Crippen LogP contribution in [0.25, 0.3) is 10.2 Å². The lowest BCUT2D eigenvalue weighted by Crippen LogP contribution is -2.17. The summed E-state index contributed by atoms with van der Waals surface area (Å²) in [6.07, 6.45) is 3.43. The van der Waals surface area contributed by atoms with Gasteiger partial charge in [-0.05, 0) is 23.1 Å². The SMILES string of the molecule is Cn1cc(NC(=O)c2cc3sccc3n2Cc2ccccc2)cn1. The average Bonchev–Trinajstić information content (AvgIpc) is 3.26. The summed E-state index contributed by atoms with van der Waals surface area (Å²) in [5.74, 6) is -0.123. The predicted molar refractivity (Wildman–Crippen MR) is 96.5 cm³/mol. The van der Waals surface area contributed by atoms with Gasteiger partial charge in [0.2, 0.25) is 0 Å². The highest BCUT2D eigenvalue weighted by atomic mass is 32.1. The number of carbonyl (C=O) groups is 1. The number of thiophene rings is 1. The molecule has 0 bridgehead atoms. The first-order valence-corrected chi connectivity index (χ1v) is 8.49. The number of aromatic nitrogens is 3. The topological polar surface area (TPSA) is 51.9 Å². The molecule has 3 heterocycles. The number of rotatable bonds is 4. The van der Waals surface area contributed by atoms with E-state index in [9.17, 15) is 4.79 Å². The van der Waals surface area contributed by atoms with Crippen LogP contribution in [0, 0.1) is 0 Å². The Balaban J connectivity index is 1.70. The highest BCUT2D eigenvalue weighted by Crippen LogP contribution is 2.26. The molecule has 0 saturated carbocycles. The van der Waals surface area contributed by atoms with Crippen molar-refractivity contribution in [2.45, 2.75) is 6.54 Å². The lowest BCUT2D eigenvalue weighted by atomic mass is 10.2. The molecule has 0 saturated heterocycles. The summed E-state index contributed by atoms with van der Waals surface area (Å²) in [6.45, 7) is 0.664. The Morgan fingerprint density at radius 2 is 2.08 bits per heavy atom. The molecule has 120 valence electrons. The van der Waals surface area contributed by atoms with Crippen molar-refractivity contribution in [1.82, 2.24) is 14.3 Å². The molecular weight excluding hydrogens is 320 g/mol. The zero-order chi connectivity index (χ0) is 16.5. The van der Waals surface area contributed by atoms with Crippen molar-refractivity contribution in [2.75, 3.05) is 5.32 Å². The Kier molecular flexibility index (Phi) is 3.66. The number of carbonyl (C=O) groups excluding carboxylic acids is 1. The van der Waals surface area contributed by atoms with Gasteiger partial charge in [-0.25, -0.2) is 0 Å². The van der Waals surface area contributed by atoms with Crippen molar-refractivity contribution in [3.63, 3.8) is 0 Å². The lowest BCUT2D eigenvalue weighted by molar-refractivity contribution is 0.101. The Labute approximate surface area is 143 Å². The number of aryl methyl sites for hydroxylation is 1. The molecule has 0 atom stereocenters. The van der Waals surface area contributed by atoms with Crippen LogP contribution < -0.4 is 5.32 Å². The number of benzene rings is 1. The van der Waals surface area contributed by atoms with Gasteiger partial charge >= 0.3 is 0 Å². The summed E-state index contributed by atoms with van der Waals surface area (Å²) in [5, 5.41) is 9.05. The van der Waals surface area contributed by atoms with E-state index in [-0.39, 0.29) is 5.91 Å². The molecule has 24 heavy (non-hydrogen) atoms. The Morgan fingerprint density at radius 1 is 1.25 bits per heavy atom. The Hall–Kier alpha value is -2.86. The molecule has 0 radical (unpaired) electrons. The third-order valence-corrected chi connectivity index (χ3v) is 4.75. The standard InChI is InChI=1S/C18H16N4OS/c1-21-12-14(10-19-21)20-18(23)16-9-17-15(7-8-24-17)22(16)11-13-5-3-2-4-6-13/h2-10,12H,11H2,1H3,(H,20,23). The van der Waals surface area contributed by atoms with Crippen LogP contribution in [0.2, 0.25) is 0 Å². The summed E-state index contributed by atoms with van der Waals surface area (Å²) in [6, 6.07) is 14.2. The molecule has 0 unspecified atom stereocenters. The van der Waals surface area contributed by atoms with Crippen molar-refractivity contribution in [3.05, 3.63) is 71.5 Å². The summed E-state index contributed by atoms with van der Waals surface area (Å²) >= 11 is 1.64. The third kappa shape index (κ3) is 2.72. The number of fused-ring (bicyclic) bond motifs is 1. The zero-order valence-corrected chi connectivity index (χ0v) is 14.0. The van der Waals surface area contributed by atoms with E-state index in [1.165, 1.54) is 0 Å². The smallest absolute Gasteiger partial charge is 0.272 e. The van der Waals surface area contributed by atoms with Gasteiger partial charge in [0, 0.05) is 19.8 Å². The summed E-state index contributed by atoms with van der Waals surface area (Å²) < 4.78 is 4.84. The van der Waals surface area contributed by atoms with Gasteiger partial charge in [-0.2, -0.15) is 5.10 Å². The number of anilines is 1. The highest BCUT2D eigenvalue weighted by molar-refractivity contribution is 7.17. The van der Waals surface area contributed by atoms with Gasteiger partial charge < -0.3 is 9.88 Å². The van der Waals surface area contributed by atoms with Gasteiger partial charge in [0.1, 0.15) is 5.69 Å². The molecule has 0 spiro atoms. The van der Waals surface area contributed by atoms with Gasteiger partial charge in [0.25, 0.3) is 5.91 Å². The van der Waals surface area contributed by atoms with E-state index in [4.69, 9.17) is 0 Å². The van der Waals surface area contributed by atoms with Crippen LogP contribution in [0.5, 0.6) is 0 Å². The first-order chi connectivity index (χ1) is 11.7. The fraction of sp³-hybridized carbons (Fsp3) is 0.111. The van der Waals surface area contributed by atoms with E-state index in [0.717, 1.165) is 15.8 Å². The molecule has 5 nitrogen and oxygen atoms in total. The molecule has 1 aromatic carbocycles. The predicted octanol–water partition coefficient (Wildman–Crippen LogP) is 3.74. The molecule has 1 amide bonds. The highest BCUT2D eigenvalue weighted by Gasteiger charge is 2.17. The average molecular weight is 336 g/mol. The van der Waals surface area contributed by atoms with Crippen molar-refractivity contribution < 1.29 is 4.79 Å². The van der Waals surface area contributed by atoms with Crippen LogP contribution in [-0.4, -0.2) is 20.3 Å². The van der Waals surface area contributed by atoms with Crippen molar-refractivity contribution in [2.24, 2.45) is 7.05 Å². The van der Waals surface area contributed by atoms with Crippen molar-refractivity contribution >= 4 is 33.1 Å². The second kappa shape index (κ2) is 5.98. The molecular formula is C18H16N4OS. The normalized spacial score (nSPS) is 11.0. The second-order valence-electron chi connectivity index (χ2n) is 5.63. The van der Waals surface area contributed by atoms with E-state index >= 15 is 0 Å². The monoisotopic (exact) mass is 336 g/mol. The lowest BCUT2D eigenvalue weighted by Gasteiger charge is -2.10. The van der Waals surface area contributed by atoms with Gasteiger partial charge in [-0.1, -0.05) is 30.3 Å². The molecule has 4 rings (SSSR count). The summed E-state index contributed by atoms with van der Waals surface area (Å²) in [4.78, 5) is 12.7. The molecule has 0 aliphatic carbocycles. The number of hydrogen-bond donors (Lipinski definition) is 1. The number of hydrogen-bond acceptors (Lipinski definition) is 3. The number of nitrogens with zero attached hydrogens (tertiary/aromatic N) is 3. The van der Waals surface area contributed by atoms with Crippen molar-refractivity contribution in [1.29, 1.82) is 0 Å². The van der Waals surface area contributed by atoms with E-state index in [1.54, 1.807) is 28.4 Å². The second-order valence-corrected chi connectivity index (χ2v) is 6.58. The van der Waals surface area contributed by atoms with Crippen LogP contribution in [0.3, 0.4) is 0 Å². The van der Waals surface area contributed by atoms with Crippen LogP contribution in [-0.2, 0) is 13.6 Å². The quantitative estimate of drug-likeness (QED) is 0.617. The van der Waals surface area contributed by atoms with Crippen LogP contribution in [0.1, 0.15) is 16.1 Å². The number of nitrogens with one attached hydrogen (secondary N) is 1. The summed E-state index contributed by atoms with van der Waals surface area (Å²) in [5.41, 5.74) is 3.60. The van der Waals surface area contributed by atoms with E-state index in [0.29, 0.717) is 17.9 Å². The van der Waals surface area contributed by atoms with Gasteiger partial charge in [-0.15, -0.1) is 11.3 Å². The Bertz CT molecular complexity index is 997. The molecule has 0 aliphatic heterocycles.